The lowest BCUT2D eigenvalue weighted by Gasteiger charge is -2.11. The van der Waals surface area contributed by atoms with Crippen LogP contribution in [-0.2, 0) is 11.2 Å². The summed E-state index contributed by atoms with van der Waals surface area (Å²) < 4.78 is 0. The van der Waals surface area contributed by atoms with Gasteiger partial charge in [-0.1, -0.05) is 11.6 Å². The van der Waals surface area contributed by atoms with Crippen LogP contribution in [0.1, 0.15) is 50.9 Å². The van der Waals surface area contributed by atoms with E-state index in [2.05, 4.69) is 27.4 Å². The Morgan fingerprint density at radius 3 is 2.81 bits per heavy atom. The van der Waals surface area contributed by atoms with E-state index in [-0.39, 0.29) is 16.8 Å². The van der Waals surface area contributed by atoms with Crippen LogP contribution in [0.3, 0.4) is 0 Å². The van der Waals surface area contributed by atoms with Gasteiger partial charge in [-0.3, -0.25) is 4.79 Å². The van der Waals surface area contributed by atoms with Crippen molar-refractivity contribution >= 4 is 34.1 Å². The van der Waals surface area contributed by atoms with Gasteiger partial charge < -0.3 is 15.4 Å². The SMILES string of the molecule is Cc1ccc2[nH]cc(CCC(=O)NC(C)c3nc(C)c(C(=O)O)s3)c2c1. The van der Waals surface area contributed by atoms with Crippen molar-refractivity contribution in [2.45, 2.75) is 39.7 Å². The number of carboxylic acid groups (broad SMARTS) is 1. The standard InChI is InChI=1S/C19H21N3O3S/c1-10-4-6-15-14(8-10)13(9-20-15)5-7-16(23)21-12(3)18-22-11(2)17(26-18)19(24)25/h4,6,8-9,12,20H,5,7H2,1-3H3,(H,21,23)(H,24,25). The fourth-order valence-corrected chi connectivity index (χ4v) is 3.83. The van der Waals surface area contributed by atoms with E-state index in [4.69, 9.17) is 5.11 Å². The number of aromatic nitrogens is 2. The van der Waals surface area contributed by atoms with Gasteiger partial charge in [0.2, 0.25) is 5.91 Å². The molecule has 1 aromatic carbocycles. The number of nitrogens with zero attached hydrogens (tertiary/aromatic N) is 1. The first kappa shape index (κ1) is 18.1. The minimum atomic E-state index is -0.987. The van der Waals surface area contributed by atoms with E-state index in [0.717, 1.165) is 27.8 Å². The Morgan fingerprint density at radius 1 is 1.35 bits per heavy atom. The molecule has 0 radical (unpaired) electrons. The van der Waals surface area contributed by atoms with Crippen molar-refractivity contribution in [1.29, 1.82) is 0 Å². The first-order chi connectivity index (χ1) is 12.3. The fraction of sp³-hybridized carbons (Fsp3) is 0.316. The smallest absolute Gasteiger partial charge is 0.347 e. The number of amides is 1. The Bertz CT molecular complexity index is 974. The van der Waals surface area contributed by atoms with Gasteiger partial charge in [-0.15, -0.1) is 11.3 Å². The molecule has 6 nitrogen and oxygen atoms in total. The third-order valence-corrected chi connectivity index (χ3v) is 5.63. The summed E-state index contributed by atoms with van der Waals surface area (Å²) in [6.45, 7) is 5.53. The number of thiazole rings is 1. The predicted molar refractivity (Wildman–Crippen MR) is 102 cm³/mol. The summed E-state index contributed by atoms with van der Waals surface area (Å²) in [5, 5.41) is 13.8. The zero-order valence-corrected chi connectivity index (χ0v) is 15.7. The number of nitrogens with one attached hydrogen (secondary N) is 2. The number of rotatable bonds is 6. The highest BCUT2D eigenvalue weighted by molar-refractivity contribution is 7.13. The molecule has 0 bridgehead atoms. The minimum absolute atomic E-state index is 0.0794. The monoisotopic (exact) mass is 371 g/mol. The molecular formula is C19H21N3O3S. The lowest BCUT2D eigenvalue weighted by atomic mass is 10.1. The molecule has 7 heteroatoms. The number of carbonyl (C=O) groups is 2. The molecule has 0 aliphatic heterocycles. The Hall–Kier alpha value is -2.67. The molecule has 3 aromatic rings. The van der Waals surface area contributed by atoms with Gasteiger partial charge >= 0.3 is 5.97 Å². The molecule has 0 fully saturated rings. The Balaban J connectivity index is 1.62. The van der Waals surface area contributed by atoms with Gasteiger partial charge in [-0.05, 0) is 44.9 Å². The van der Waals surface area contributed by atoms with Gasteiger partial charge in [0.1, 0.15) is 9.88 Å². The van der Waals surface area contributed by atoms with Gasteiger partial charge in [0, 0.05) is 23.5 Å². The average molecular weight is 371 g/mol. The molecule has 1 atom stereocenters. The molecule has 2 aromatic heterocycles. The molecule has 0 aliphatic carbocycles. The first-order valence-electron chi connectivity index (χ1n) is 8.41. The number of hydrogen-bond acceptors (Lipinski definition) is 4. The summed E-state index contributed by atoms with van der Waals surface area (Å²) in [5.74, 6) is -1.07. The number of H-pyrrole nitrogens is 1. The minimum Gasteiger partial charge on any atom is -0.477 e. The molecule has 0 saturated carbocycles. The van der Waals surface area contributed by atoms with E-state index in [0.29, 0.717) is 23.5 Å². The molecule has 0 saturated heterocycles. The second kappa shape index (κ2) is 7.29. The molecule has 0 aliphatic rings. The van der Waals surface area contributed by atoms with Crippen LogP contribution in [0.25, 0.3) is 10.9 Å². The Morgan fingerprint density at radius 2 is 2.12 bits per heavy atom. The number of aromatic carboxylic acids is 1. The number of carboxylic acids is 1. The van der Waals surface area contributed by atoms with Crippen LogP contribution in [-0.4, -0.2) is 27.0 Å². The molecule has 3 rings (SSSR count). The molecule has 2 heterocycles. The summed E-state index contributed by atoms with van der Waals surface area (Å²) in [5.41, 5.74) is 3.85. The number of benzene rings is 1. The first-order valence-corrected chi connectivity index (χ1v) is 9.23. The largest absolute Gasteiger partial charge is 0.477 e. The summed E-state index contributed by atoms with van der Waals surface area (Å²) in [4.78, 5) is 31.1. The maximum absolute atomic E-state index is 12.3. The summed E-state index contributed by atoms with van der Waals surface area (Å²) >= 11 is 1.11. The van der Waals surface area contributed by atoms with Crippen molar-refractivity contribution in [3.05, 3.63) is 51.1 Å². The number of aryl methyl sites for hydroxylation is 3. The lowest BCUT2D eigenvalue weighted by Crippen LogP contribution is -2.26. The highest BCUT2D eigenvalue weighted by Crippen LogP contribution is 2.24. The Kier molecular flexibility index (Phi) is 5.08. The van der Waals surface area contributed by atoms with Gasteiger partial charge in [0.05, 0.1) is 11.7 Å². The van der Waals surface area contributed by atoms with Crippen LogP contribution in [0.2, 0.25) is 0 Å². The third kappa shape index (κ3) is 3.77. The number of aromatic amines is 1. The van der Waals surface area contributed by atoms with Gasteiger partial charge in [-0.25, -0.2) is 9.78 Å². The molecule has 1 unspecified atom stereocenters. The molecule has 0 spiro atoms. The predicted octanol–water partition coefficient (Wildman–Crippen LogP) is 3.75. The summed E-state index contributed by atoms with van der Waals surface area (Å²) in [6, 6.07) is 5.90. The van der Waals surface area contributed by atoms with E-state index < -0.39 is 5.97 Å². The van der Waals surface area contributed by atoms with Crippen LogP contribution in [0, 0.1) is 13.8 Å². The van der Waals surface area contributed by atoms with E-state index in [1.54, 1.807) is 6.92 Å². The van der Waals surface area contributed by atoms with Crippen molar-refractivity contribution in [1.82, 2.24) is 15.3 Å². The molecule has 3 N–H and O–H groups in total. The van der Waals surface area contributed by atoms with Crippen molar-refractivity contribution < 1.29 is 14.7 Å². The molecule has 136 valence electrons. The third-order valence-electron chi connectivity index (χ3n) is 4.30. The van der Waals surface area contributed by atoms with Crippen LogP contribution >= 0.6 is 11.3 Å². The quantitative estimate of drug-likeness (QED) is 0.615. The van der Waals surface area contributed by atoms with Crippen molar-refractivity contribution in [2.24, 2.45) is 0 Å². The van der Waals surface area contributed by atoms with Gasteiger partial charge in [0.25, 0.3) is 0 Å². The van der Waals surface area contributed by atoms with Crippen molar-refractivity contribution in [3.8, 4) is 0 Å². The van der Waals surface area contributed by atoms with E-state index in [1.165, 1.54) is 5.56 Å². The van der Waals surface area contributed by atoms with Crippen LogP contribution < -0.4 is 5.32 Å². The number of fused-ring (bicyclic) bond motifs is 1. The zero-order chi connectivity index (χ0) is 18.8. The molecule has 1 amide bonds. The number of hydrogen-bond donors (Lipinski definition) is 3. The topological polar surface area (TPSA) is 95.1 Å². The van der Waals surface area contributed by atoms with Crippen molar-refractivity contribution in [2.75, 3.05) is 0 Å². The van der Waals surface area contributed by atoms with E-state index >= 15 is 0 Å². The zero-order valence-electron chi connectivity index (χ0n) is 14.9. The van der Waals surface area contributed by atoms with Crippen LogP contribution in [0.15, 0.2) is 24.4 Å². The highest BCUT2D eigenvalue weighted by Gasteiger charge is 2.19. The summed E-state index contributed by atoms with van der Waals surface area (Å²) in [7, 11) is 0. The highest BCUT2D eigenvalue weighted by atomic mass is 32.1. The average Bonchev–Trinajstić information content (AvgIpc) is 3.16. The second-order valence-corrected chi connectivity index (χ2v) is 7.45. The van der Waals surface area contributed by atoms with Gasteiger partial charge in [-0.2, -0.15) is 0 Å². The van der Waals surface area contributed by atoms with Crippen LogP contribution in [0.4, 0.5) is 0 Å². The molecular weight excluding hydrogens is 350 g/mol. The van der Waals surface area contributed by atoms with E-state index in [9.17, 15) is 9.59 Å². The lowest BCUT2D eigenvalue weighted by molar-refractivity contribution is -0.121. The maximum atomic E-state index is 12.3. The van der Waals surface area contributed by atoms with Crippen molar-refractivity contribution in [3.63, 3.8) is 0 Å². The fourth-order valence-electron chi connectivity index (χ4n) is 2.92. The summed E-state index contributed by atoms with van der Waals surface area (Å²) in [6.07, 6.45) is 2.95. The Labute approximate surface area is 155 Å². The molecule has 26 heavy (non-hydrogen) atoms. The van der Waals surface area contributed by atoms with E-state index in [1.807, 2.05) is 26.1 Å². The maximum Gasteiger partial charge on any atom is 0.347 e. The van der Waals surface area contributed by atoms with Crippen LogP contribution in [0.5, 0.6) is 0 Å². The van der Waals surface area contributed by atoms with Gasteiger partial charge in [0.15, 0.2) is 0 Å². The second-order valence-electron chi connectivity index (χ2n) is 6.42. The normalized spacial score (nSPS) is 12.3. The number of carbonyl (C=O) groups excluding carboxylic acids is 1.